The van der Waals surface area contributed by atoms with Gasteiger partial charge in [0.25, 0.3) is 0 Å². The molecule has 0 radical (unpaired) electrons. The molecule has 7 heteroatoms. The van der Waals surface area contributed by atoms with Gasteiger partial charge in [0, 0.05) is 11.1 Å². The van der Waals surface area contributed by atoms with Gasteiger partial charge in [-0.1, -0.05) is 11.6 Å². The number of hydrogen-bond donors (Lipinski definition) is 2. The minimum absolute atomic E-state index is 0.0268. The molecule has 21 heavy (non-hydrogen) atoms. The monoisotopic (exact) mass is 314 g/mol. The highest BCUT2D eigenvalue weighted by Crippen LogP contribution is 2.29. The van der Waals surface area contributed by atoms with E-state index in [-0.39, 0.29) is 5.91 Å². The Morgan fingerprint density at radius 1 is 1.43 bits per heavy atom. The molecule has 0 spiro atoms. The second-order valence-electron chi connectivity index (χ2n) is 5.32. The van der Waals surface area contributed by atoms with Gasteiger partial charge in [-0.05, 0) is 32.9 Å². The SMILES string of the molecule is CC(C)(C)OC(N)=O.O=C1CCOc2cc(Cl)ccc2N1. The molecule has 0 bridgehead atoms. The highest BCUT2D eigenvalue weighted by atomic mass is 35.5. The maximum Gasteiger partial charge on any atom is 0.405 e. The summed E-state index contributed by atoms with van der Waals surface area (Å²) in [5.74, 6) is 0.611. The molecule has 0 unspecified atom stereocenters. The van der Waals surface area contributed by atoms with E-state index in [2.05, 4.69) is 10.1 Å². The summed E-state index contributed by atoms with van der Waals surface area (Å²) in [4.78, 5) is 21.1. The summed E-state index contributed by atoms with van der Waals surface area (Å²) in [6.07, 6.45) is -0.343. The molecule has 0 saturated carbocycles. The molecule has 0 aromatic heterocycles. The molecule has 1 heterocycles. The predicted molar refractivity (Wildman–Crippen MR) is 80.6 cm³/mol. The molecule has 2 rings (SSSR count). The van der Waals surface area contributed by atoms with E-state index in [4.69, 9.17) is 22.1 Å². The lowest BCUT2D eigenvalue weighted by Gasteiger charge is -2.16. The van der Waals surface area contributed by atoms with Gasteiger partial charge in [-0.25, -0.2) is 4.79 Å². The summed E-state index contributed by atoms with van der Waals surface area (Å²) in [7, 11) is 0. The minimum atomic E-state index is -0.725. The lowest BCUT2D eigenvalue weighted by atomic mass is 10.2. The van der Waals surface area contributed by atoms with E-state index in [0.717, 1.165) is 0 Å². The van der Waals surface area contributed by atoms with Crippen LogP contribution in [0, 0.1) is 0 Å². The van der Waals surface area contributed by atoms with Crippen LogP contribution in [0.2, 0.25) is 5.02 Å². The highest BCUT2D eigenvalue weighted by molar-refractivity contribution is 6.30. The van der Waals surface area contributed by atoms with Crippen LogP contribution in [0.3, 0.4) is 0 Å². The van der Waals surface area contributed by atoms with Gasteiger partial charge in [-0.15, -0.1) is 0 Å². The molecule has 1 aromatic carbocycles. The van der Waals surface area contributed by atoms with Crippen LogP contribution in [0.25, 0.3) is 0 Å². The number of halogens is 1. The van der Waals surface area contributed by atoms with Crippen LogP contribution in [0.15, 0.2) is 18.2 Å². The van der Waals surface area contributed by atoms with Crippen LogP contribution >= 0.6 is 11.6 Å². The van der Waals surface area contributed by atoms with E-state index in [9.17, 15) is 9.59 Å². The van der Waals surface area contributed by atoms with E-state index >= 15 is 0 Å². The van der Waals surface area contributed by atoms with Crippen molar-refractivity contribution in [3.63, 3.8) is 0 Å². The smallest absolute Gasteiger partial charge is 0.405 e. The molecule has 1 aliphatic rings. The zero-order chi connectivity index (χ0) is 16.0. The van der Waals surface area contributed by atoms with Crippen molar-refractivity contribution in [1.29, 1.82) is 0 Å². The van der Waals surface area contributed by atoms with Crippen molar-refractivity contribution in [2.45, 2.75) is 32.8 Å². The number of nitrogens with two attached hydrogens (primary N) is 1. The summed E-state index contributed by atoms with van der Waals surface area (Å²) in [6.45, 7) is 5.69. The summed E-state index contributed by atoms with van der Waals surface area (Å²) in [5, 5.41) is 3.33. The van der Waals surface area contributed by atoms with E-state index in [1.807, 2.05) is 0 Å². The molecule has 0 atom stereocenters. The fraction of sp³-hybridized carbons (Fsp3) is 0.429. The van der Waals surface area contributed by atoms with Crippen molar-refractivity contribution in [3.8, 4) is 5.75 Å². The third-order valence-electron chi connectivity index (χ3n) is 2.21. The Morgan fingerprint density at radius 3 is 2.62 bits per heavy atom. The van der Waals surface area contributed by atoms with Crippen LogP contribution < -0.4 is 15.8 Å². The fourth-order valence-electron chi connectivity index (χ4n) is 1.49. The van der Waals surface area contributed by atoms with Gasteiger partial charge < -0.3 is 20.5 Å². The molecule has 6 nitrogen and oxygen atoms in total. The first-order valence-electron chi connectivity index (χ1n) is 6.38. The first-order valence-corrected chi connectivity index (χ1v) is 6.76. The number of amides is 2. The number of primary amides is 1. The number of anilines is 1. The average molecular weight is 315 g/mol. The lowest BCUT2D eigenvalue weighted by molar-refractivity contribution is -0.116. The van der Waals surface area contributed by atoms with Gasteiger partial charge in [0.15, 0.2) is 0 Å². The Hall–Kier alpha value is -1.95. The molecule has 1 aromatic rings. The summed E-state index contributed by atoms with van der Waals surface area (Å²) < 4.78 is 9.91. The number of carbonyl (C=O) groups is 2. The van der Waals surface area contributed by atoms with E-state index < -0.39 is 11.7 Å². The first kappa shape index (κ1) is 17.1. The zero-order valence-electron chi connectivity index (χ0n) is 12.2. The number of ether oxygens (including phenoxy) is 2. The maximum absolute atomic E-state index is 11.1. The second kappa shape index (κ2) is 7.17. The zero-order valence-corrected chi connectivity index (χ0v) is 13.0. The normalized spacial score (nSPS) is 13.6. The van der Waals surface area contributed by atoms with Crippen molar-refractivity contribution >= 4 is 29.3 Å². The van der Waals surface area contributed by atoms with Gasteiger partial charge in [0.05, 0.1) is 18.7 Å². The Balaban J connectivity index is 0.000000240. The third kappa shape index (κ3) is 6.85. The quantitative estimate of drug-likeness (QED) is 0.770. The Kier molecular flexibility index (Phi) is 5.84. The first-order chi connectivity index (χ1) is 9.67. The van der Waals surface area contributed by atoms with Gasteiger partial charge in [-0.3, -0.25) is 4.79 Å². The van der Waals surface area contributed by atoms with Gasteiger partial charge >= 0.3 is 6.09 Å². The van der Waals surface area contributed by atoms with Crippen molar-refractivity contribution in [2.24, 2.45) is 5.73 Å². The number of benzene rings is 1. The second-order valence-corrected chi connectivity index (χ2v) is 5.76. The Labute approximate surface area is 128 Å². The Morgan fingerprint density at radius 2 is 2.10 bits per heavy atom. The lowest BCUT2D eigenvalue weighted by Crippen LogP contribution is -2.27. The van der Waals surface area contributed by atoms with Gasteiger partial charge in [0.1, 0.15) is 11.4 Å². The molecular formula is C14H19ClN2O4. The van der Waals surface area contributed by atoms with Gasteiger partial charge in [0.2, 0.25) is 5.91 Å². The standard InChI is InChI=1S/C9H8ClNO2.C5H11NO2/c10-6-1-2-7-8(5-6)13-4-3-9(12)11-7;1-5(2,3)8-4(6)7/h1-2,5H,3-4H2,(H,11,12);1-3H3,(H2,6,7). The maximum atomic E-state index is 11.1. The van der Waals surface area contributed by atoms with Crippen LogP contribution in [-0.4, -0.2) is 24.2 Å². The topological polar surface area (TPSA) is 90.7 Å². The average Bonchev–Trinajstić information content (AvgIpc) is 2.47. The number of hydrogen-bond acceptors (Lipinski definition) is 4. The number of rotatable bonds is 0. The Bertz CT molecular complexity index is 526. The molecular weight excluding hydrogens is 296 g/mol. The molecule has 0 fully saturated rings. The van der Waals surface area contributed by atoms with Crippen LogP contribution in [0.5, 0.6) is 5.75 Å². The van der Waals surface area contributed by atoms with E-state index in [1.54, 1.807) is 39.0 Å². The van der Waals surface area contributed by atoms with Gasteiger partial charge in [-0.2, -0.15) is 0 Å². The summed E-state index contributed by atoms with van der Waals surface area (Å²) in [6, 6.07) is 5.15. The molecule has 1 aliphatic heterocycles. The van der Waals surface area contributed by atoms with Crippen molar-refractivity contribution < 1.29 is 19.1 Å². The van der Waals surface area contributed by atoms with E-state index in [1.165, 1.54) is 0 Å². The number of fused-ring (bicyclic) bond motifs is 1. The van der Waals surface area contributed by atoms with Crippen LogP contribution in [0.1, 0.15) is 27.2 Å². The van der Waals surface area contributed by atoms with Crippen molar-refractivity contribution in [2.75, 3.05) is 11.9 Å². The molecule has 0 aliphatic carbocycles. The number of carbonyl (C=O) groups excluding carboxylic acids is 2. The van der Waals surface area contributed by atoms with E-state index in [0.29, 0.717) is 29.5 Å². The molecule has 116 valence electrons. The van der Waals surface area contributed by atoms with Crippen LogP contribution in [0.4, 0.5) is 10.5 Å². The minimum Gasteiger partial charge on any atom is -0.491 e. The predicted octanol–water partition coefficient (Wildman–Crippen LogP) is 2.94. The molecule has 2 amide bonds. The van der Waals surface area contributed by atoms with Crippen molar-refractivity contribution in [1.82, 2.24) is 0 Å². The summed E-state index contributed by atoms with van der Waals surface area (Å²) >= 11 is 5.77. The number of nitrogens with one attached hydrogen (secondary N) is 1. The molecule has 0 saturated heterocycles. The largest absolute Gasteiger partial charge is 0.491 e. The highest BCUT2D eigenvalue weighted by Gasteiger charge is 2.13. The van der Waals surface area contributed by atoms with Crippen molar-refractivity contribution in [3.05, 3.63) is 23.2 Å². The molecule has 3 N–H and O–H groups in total. The fourth-order valence-corrected chi connectivity index (χ4v) is 1.65. The van der Waals surface area contributed by atoms with Crippen LogP contribution in [-0.2, 0) is 9.53 Å². The summed E-state index contributed by atoms with van der Waals surface area (Å²) in [5.41, 5.74) is 4.95. The third-order valence-corrected chi connectivity index (χ3v) is 2.45.